The summed E-state index contributed by atoms with van der Waals surface area (Å²) in [7, 11) is 0. The number of fused-ring (bicyclic) bond motifs is 1. The third-order valence-corrected chi connectivity index (χ3v) is 6.94. The van der Waals surface area contributed by atoms with Gasteiger partial charge in [-0.05, 0) is 55.1 Å². The number of hydrogen-bond donors (Lipinski definition) is 1. The SMILES string of the molecule is O=C(c1ccc(F)cc1)N1CCc2nc([C@@H]3CCCN3Cc3cccs3)[nH]c(=O)c2C1. The van der Waals surface area contributed by atoms with Gasteiger partial charge in [-0.3, -0.25) is 14.5 Å². The Kier molecular flexibility index (Phi) is 5.41. The number of thiophene rings is 1. The number of hydrogen-bond acceptors (Lipinski definition) is 5. The summed E-state index contributed by atoms with van der Waals surface area (Å²) >= 11 is 1.74. The average molecular weight is 439 g/mol. The zero-order valence-electron chi connectivity index (χ0n) is 17.0. The van der Waals surface area contributed by atoms with Gasteiger partial charge in [0.1, 0.15) is 11.6 Å². The predicted octanol–water partition coefficient (Wildman–Crippen LogP) is 3.51. The number of aromatic nitrogens is 2. The molecule has 1 saturated heterocycles. The molecule has 0 radical (unpaired) electrons. The van der Waals surface area contributed by atoms with Crippen molar-refractivity contribution in [2.75, 3.05) is 13.1 Å². The van der Waals surface area contributed by atoms with Crippen molar-refractivity contribution in [1.29, 1.82) is 0 Å². The second-order valence-electron chi connectivity index (χ2n) is 8.07. The fraction of sp³-hybridized carbons (Fsp3) is 0.348. The number of nitrogens with zero attached hydrogens (tertiary/aromatic N) is 3. The predicted molar refractivity (Wildman–Crippen MR) is 116 cm³/mol. The highest BCUT2D eigenvalue weighted by molar-refractivity contribution is 7.09. The number of H-pyrrole nitrogens is 1. The van der Waals surface area contributed by atoms with Crippen LogP contribution < -0.4 is 5.56 Å². The van der Waals surface area contributed by atoms with E-state index in [2.05, 4.69) is 27.4 Å². The third kappa shape index (κ3) is 4.05. The van der Waals surface area contributed by atoms with Gasteiger partial charge >= 0.3 is 0 Å². The van der Waals surface area contributed by atoms with E-state index in [1.165, 1.54) is 29.1 Å². The first-order chi connectivity index (χ1) is 15.1. The summed E-state index contributed by atoms with van der Waals surface area (Å²) in [6.07, 6.45) is 2.59. The molecule has 160 valence electrons. The topological polar surface area (TPSA) is 69.3 Å². The van der Waals surface area contributed by atoms with Gasteiger partial charge in [0.2, 0.25) is 0 Å². The maximum atomic E-state index is 13.2. The van der Waals surface area contributed by atoms with Gasteiger partial charge in [-0.25, -0.2) is 9.37 Å². The largest absolute Gasteiger partial charge is 0.334 e. The van der Waals surface area contributed by atoms with Gasteiger partial charge in [0.15, 0.2) is 0 Å². The Morgan fingerprint density at radius 1 is 1.23 bits per heavy atom. The highest BCUT2D eigenvalue weighted by Crippen LogP contribution is 2.32. The minimum Gasteiger partial charge on any atom is -0.334 e. The van der Waals surface area contributed by atoms with Crippen LogP contribution in [0.3, 0.4) is 0 Å². The van der Waals surface area contributed by atoms with Crippen molar-refractivity contribution in [3.05, 3.63) is 85.5 Å². The van der Waals surface area contributed by atoms with Gasteiger partial charge in [0.25, 0.3) is 11.5 Å². The molecule has 1 atom stereocenters. The second kappa shape index (κ2) is 8.36. The molecule has 0 bridgehead atoms. The highest BCUT2D eigenvalue weighted by Gasteiger charge is 2.31. The summed E-state index contributed by atoms with van der Waals surface area (Å²) in [4.78, 5) is 38.8. The van der Waals surface area contributed by atoms with Gasteiger partial charge in [-0.1, -0.05) is 6.07 Å². The molecule has 2 aliphatic heterocycles. The van der Waals surface area contributed by atoms with Gasteiger partial charge in [0.05, 0.1) is 23.8 Å². The number of carbonyl (C=O) groups excluding carboxylic acids is 1. The normalized spacial score (nSPS) is 18.9. The van der Waals surface area contributed by atoms with E-state index in [4.69, 9.17) is 4.98 Å². The Bertz CT molecular complexity index is 1140. The van der Waals surface area contributed by atoms with Crippen LogP contribution in [-0.2, 0) is 19.5 Å². The quantitative estimate of drug-likeness (QED) is 0.677. The molecule has 4 heterocycles. The summed E-state index contributed by atoms with van der Waals surface area (Å²) in [5.41, 5.74) is 1.58. The van der Waals surface area contributed by atoms with Crippen molar-refractivity contribution in [1.82, 2.24) is 19.8 Å². The van der Waals surface area contributed by atoms with Crippen molar-refractivity contribution in [3.8, 4) is 0 Å². The van der Waals surface area contributed by atoms with Crippen LogP contribution in [0.15, 0.2) is 46.6 Å². The third-order valence-electron chi connectivity index (χ3n) is 6.08. The lowest BCUT2D eigenvalue weighted by Gasteiger charge is -2.29. The maximum Gasteiger partial charge on any atom is 0.256 e. The maximum absolute atomic E-state index is 13.2. The summed E-state index contributed by atoms with van der Waals surface area (Å²) < 4.78 is 13.2. The second-order valence-corrected chi connectivity index (χ2v) is 9.10. The number of benzene rings is 1. The van der Waals surface area contributed by atoms with Gasteiger partial charge in [0, 0.05) is 30.0 Å². The molecule has 1 N–H and O–H groups in total. The molecule has 3 aromatic rings. The van der Waals surface area contributed by atoms with Crippen molar-refractivity contribution in [2.45, 2.75) is 38.4 Å². The molecule has 1 fully saturated rings. The van der Waals surface area contributed by atoms with E-state index in [0.29, 0.717) is 24.1 Å². The fourth-order valence-electron chi connectivity index (χ4n) is 4.48. The summed E-state index contributed by atoms with van der Waals surface area (Å²) in [5.74, 6) is 0.150. The number of halogens is 1. The van der Waals surface area contributed by atoms with E-state index in [0.717, 1.165) is 37.4 Å². The minimum absolute atomic E-state index is 0.110. The molecule has 1 amide bonds. The molecule has 8 heteroatoms. The Balaban J connectivity index is 1.36. The Labute approximate surface area is 183 Å². The van der Waals surface area contributed by atoms with E-state index in [9.17, 15) is 14.0 Å². The molecule has 31 heavy (non-hydrogen) atoms. The molecule has 6 nitrogen and oxygen atoms in total. The minimum atomic E-state index is -0.381. The summed E-state index contributed by atoms with van der Waals surface area (Å²) in [6.45, 7) is 2.56. The fourth-order valence-corrected chi connectivity index (χ4v) is 5.21. The lowest BCUT2D eigenvalue weighted by Crippen LogP contribution is -2.40. The average Bonchev–Trinajstić information content (AvgIpc) is 3.46. The Morgan fingerprint density at radius 2 is 2.06 bits per heavy atom. The van der Waals surface area contributed by atoms with E-state index in [1.54, 1.807) is 16.2 Å². The van der Waals surface area contributed by atoms with Crippen molar-refractivity contribution in [2.24, 2.45) is 0 Å². The van der Waals surface area contributed by atoms with E-state index in [1.807, 2.05) is 0 Å². The van der Waals surface area contributed by atoms with Gasteiger partial charge in [-0.2, -0.15) is 0 Å². The van der Waals surface area contributed by atoms with Crippen LogP contribution in [0.25, 0.3) is 0 Å². The zero-order chi connectivity index (χ0) is 21.4. The first-order valence-corrected chi connectivity index (χ1v) is 11.4. The van der Waals surface area contributed by atoms with E-state index in [-0.39, 0.29) is 29.9 Å². The monoisotopic (exact) mass is 438 g/mol. The zero-order valence-corrected chi connectivity index (χ0v) is 17.8. The molecule has 1 aromatic carbocycles. The molecule has 2 aromatic heterocycles. The molecule has 0 unspecified atom stereocenters. The van der Waals surface area contributed by atoms with Gasteiger partial charge < -0.3 is 9.88 Å². The molecule has 0 saturated carbocycles. The standard InChI is InChI=1S/C23H23FN4O2S/c24-16-7-5-15(6-8-16)23(30)28-11-9-19-18(14-28)22(29)26-21(25-19)20-4-1-10-27(20)13-17-3-2-12-31-17/h2-3,5-8,12,20H,1,4,9-11,13-14H2,(H,25,26,29)/t20-/m0/s1. The smallest absolute Gasteiger partial charge is 0.256 e. The number of aromatic amines is 1. The van der Waals surface area contributed by atoms with Crippen molar-refractivity contribution in [3.63, 3.8) is 0 Å². The number of amides is 1. The van der Waals surface area contributed by atoms with E-state index >= 15 is 0 Å². The number of carbonyl (C=O) groups is 1. The summed E-state index contributed by atoms with van der Waals surface area (Å²) in [6, 6.07) is 9.80. The Hall–Kier alpha value is -2.84. The number of nitrogens with one attached hydrogen (secondary N) is 1. The highest BCUT2D eigenvalue weighted by atomic mass is 32.1. The lowest BCUT2D eigenvalue weighted by molar-refractivity contribution is 0.0732. The number of likely N-dealkylation sites (tertiary alicyclic amines) is 1. The number of rotatable bonds is 4. The molecule has 2 aliphatic rings. The molecular weight excluding hydrogens is 415 g/mol. The van der Waals surface area contributed by atoms with Crippen LogP contribution in [0, 0.1) is 5.82 Å². The van der Waals surface area contributed by atoms with Crippen LogP contribution in [0.1, 0.15) is 51.2 Å². The Morgan fingerprint density at radius 3 is 2.84 bits per heavy atom. The van der Waals surface area contributed by atoms with Crippen LogP contribution in [-0.4, -0.2) is 38.8 Å². The van der Waals surface area contributed by atoms with Crippen molar-refractivity contribution < 1.29 is 9.18 Å². The first kappa shape index (κ1) is 20.1. The first-order valence-electron chi connectivity index (χ1n) is 10.5. The molecule has 0 aliphatic carbocycles. The van der Waals surface area contributed by atoms with Gasteiger partial charge in [-0.15, -0.1) is 11.3 Å². The molecule has 0 spiro atoms. The molecule has 5 rings (SSSR count). The molecular formula is C23H23FN4O2S. The van der Waals surface area contributed by atoms with Crippen LogP contribution >= 0.6 is 11.3 Å². The van der Waals surface area contributed by atoms with Crippen LogP contribution in [0.5, 0.6) is 0 Å². The van der Waals surface area contributed by atoms with Crippen molar-refractivity contribution >= 4 is 17.2 Å². The van der Waals surface area contributed by atoms with E-state index < -0.39 is 0 Å². The van der Waals surface area contributed by atoms with Crippen LogP contribution in [0.4, 0.5) is 4.39 Å². The van der Waals surface area contributed by atoms with Crippen LogP contribution in [0.2, 0.25) is 0 Å². The summed E-state index contributed by atoms with van der Waals surface area (Å²) in [5, 5.41) is 2.08. The lowest BCUT2D eigenvalue weighted by atomic mass is 10.0.